The first kappa shape index (κ1) is 13.7. The summed E-state index contributed by atoms with van der Waals surface area (Å²) in [7, 11) is 0. The van der Waals surface area contributed by atoms with Crippen molar-refractivity contribution in [3.63, 3.8) is 0 Å². The largest absolute Gasteiger partial charge is 0.325 e. The summed E-state index contributed by atoms with van der Waals surface area (Å²) >= 11 is 6.79. The quantitative estimate of drug-likeness (QED) is 0.847. The molecule has 1 aromatic carbocycles. The number of hydrogen-bond acceptors (Lipinski definition) is 1. The average Bonchev–Trinajstić information content (AvgIpc) is 2.23. The Morgan fingerprint density at radius 3 is 2.75 bits per heavy atom. The molecule has 0 bridgehead atoms. The van der Waals surface area contributed by atoms with Crippen LogP contribution < -0.4 is 5.32 Å². The van der Waals surface area contributed by atoms with Crippen LogP contribution in [0, 0.1) is 5.92 Å². The zero-order valence-corrected chi connectivity index (χ0v) is 12.6. The number of hydrogen-bond donors (Lipinski definition) is 1. The van der Waals surface area contributed by atoms with Crippen molar-refractivity contribution in [1.82, 2.24) is 0 Å². The van der Waals surface area contributed by atoms with Crippen molar-refractivity contribution in [2.24, 2.45) is 5.92 Å². The van der Waals surface area contributed by atoms with Crippen LogP contribution in [0.5, 0.6) is 0 Å². The maximum atomic E-state index is 11.8. The van der Waals surface area contributed by atoms with Crippen molar-refractivity contribution in [1.29, 1.82) is 0 Å². The molecule has 0 radical (unpaired) electrons. The van der Waals surface area contributed by atoms with Gasteiger partial charge in [0.2, 0.25) is 5.91 Å². The van der Waals surface area contributed by atoms with Crippen LogP contribution in [0.3, 0.4) is 0 Å². The van der Waals surface area contributed by atoms with E-state index in [1.807, 2.05) is 25.1 Å². The second-order valence-corrected chi connectivity index (χ2v) is 5.57. The van der Waals surface area contributed by atoms with Crippen LogP contribution in [0.1, 0.15) is 26.7 Å². The minimum absolute atomic E-state index is 0.0517. The van der Waals surface area contributed by atoms with Crippen LogP contribution in [-0.4, -0.2) is 5.91 Å². The van der Waals surface area contributed by atoms with Gasteiger partial charge in [0, 0.05) is 14.9 Å². The minimum atomic E-state index is 0.0517. The molecule has 0 saturated heterocycles. The Morgan fingerprint density at radius 1 is 1.44 bits per heavy atom. The summed E-state index contributed by atoms with van der Waals surface area (Å²) in [6.07, 6.45) is 1.94. The van der Waals surface area contributed by atoms with Crippen molar-refractivity contribution < 1.29 is 4.79 Å². The number of carbonyl (C=O) groups excluding carboxylic acids is 1. The Kier molecular flexibility index (Phi) is 5.49. The molecule has 16 heavy (non-hydrogen) atoms. The van der Waals surface area contributed by atoms with Crippen LogP contribution >= 0.6 is 31.9 Å². The van der Waals surface area contributed by atoms with Crippen LogP contribution in [-0.2, 0) is 4.79 Å². The number of rotatable bonds is 4. The van der Waals surface area contributed by atoms with Gasteiger partial charge >= 0.3 is 0 Å². The van der Waals surface area contributed by atoms with Crippen LogP contribution in [0.4, 0.5) is 5.69 Å². The lowest BCUT2D eigenvalue weighted by Gasteiger charge is -2.12. The summed E-state index contributed by atoms with van der Waals surface area (Å²) in [6.45, 7) is 4.03. The van der Waals surface area contributed by atoms with Gasteiger partial charge in [0.25, 0.3) is 0 Å². The Morgan fingerprint density at radius 2 is 2.12 bits per heavy atom. The first-order chi connectivity index (χ1) is 7.54. The van der Waals surface area contributed by atoms with E-state index in [1.54, 1.807) is 0 Å². The van der Waals surface area contributed by atoms with E-state index in [-0.39, 0.29) is 11.8 Å². The number of nitrogens with one attached hydrogen (secondary N) is 1. The smallest absolute Gasteiger partial charge is 0.227 e. The highest BCUT2D eigenvalue weighted by Crippen LogP contribution is 2.26. The lowest BCUT2D eigenvalue weighted by molar-refractivity contribution is -0.119. The highest BCUT2D eigenvalue weighted by atomic mass is 79.9. The number of amides is 1. The minimum Gasteiger partial charge on any atom is -0.325 e. The lowest BCUT2D eigenvalue weighted by Crippen LogP contribution is -2.20. The molecule has 1 unspecified atom stereocenters. The fourth-order valence-electron chi connectivity index (χ4n) is 1.41. The van der Waals surface area contributed by atoms with Gasteiger partial charge in [-0.1, -0.05) is 36.2 Å². The molecule has 0 saturated carbocycles. The van der Waals surface area contributed by atoms with Gasteiger partial charge in [-0.2, -0.15) is 0 Å². The molecular weight excluding hydrogens is 334 g/mol. The van der Waals surface area contributed by atoms with E-state index in [2.05, 4.69) is 44.1 Å². The summed E-state index contributed by atoms with van der Waals surface area (Å²) < 4.78 is 1.85. The topological polar surface area (TPSA) is 29.1 Å². The summed E-state index contributed by atoms with van der Waals surface area (Å²) in [5.41, 5.74) is 0.808. The zero-order valence-electron chi connectivity index (χ0n) is 9.39. The molecule has 88 valence electrons. The molecule has 4 heteroatoms. The molecule has 0 aliphatic rings. The van der Waals surface area contributed by atoms with Gasteiger partial charge in [-0.25, -0.2) is 0 Å². The number of anilines is 1. The van der Waals surface area contributed by atoms with E-state index in [4.69, 9.17) is 0 Å². The van der Waals surface area contributed by atoms with Crippen molar-refractivity contribution >= 4 is 43.5 Å². The molecule has 1 aromatic rings. The fourth-order valence-corrected chi connectivity index (χ4v) is 2.12. The normalized spacial score (nSPS) is 12.2. The predicted molar refractivity (Wildman–Crippen MR) is 74.5 cm³/mol. The number of benzene rings is 1. The summed E-state index contributed by atoms with van der Waals surface area (Å²) in [5.74, 6) is 0.122. The van der Waals surface area contributed by atoms with E-state index < -0.39 is 0 Å². The Balaban J connectivity index is 2.72. The third kappa shape index (κ3) is 3.91. The molecule has 0 fully saturated rings. The Bertz CT molecular complexity index is 379. The monoisotopic (exact) mass is 347 g/mol. The molecule has 1 N–H and O–H groups in total. The summed E-state index contributed by atoms with van der Waals surface area (Å²) in [6, 6.07) is 5.72. The molecule has 0 heterocycles. The standard InChI is InChI=1S/C12H15Br2NO/c1-3-4-8(2)12(16)15-11-7-9(13)5-6-10(11)14/h5-8H,3-4H2,1-2H3,(H,15,16). The van der Waals surface area contributed by atoms with Gasteiger partial charge in [-0.15, -0.1) is 0 Å². The van der Waals surface area contributed by atoms with Crippen molar-refractivity contribution in [2.45, 2.75) is 26.7 Å². The fraction of sp³-hybridized carbons (Fsp3) is 0.417. The molecule has 1 amide bonds. The highest BCUT2D eigenvalue weighted by Gasteiger charge is 2.13. The van der Waals surface area contributed by atoms with E-state index in [0.29, 0.717) is 0 Å². The molecule has 0 aromatic heterocycles. The second kappa shape index (κ2) is 6.40. The first-order valence-electron chi connectivity index (χ1n) is 5.30. The van der Waals surface area contributed by atoms with E-state index in [0.717, 1.165) is 27.5 Å². The lowest BCUT2D eigenvalue weighted by atomic mass is 10.1. The van der Waals surface area contributed by atoms with E-state index >= 15 is 0 Å². The third-order valence-electron chi connectivity index (χ3n) is 2.36. The van der Waals surface area contributed by atoms with E-state index in [1.165, 1.54) is 0 Å². The third-order valence-corrected chi connectivity index (χ3v) is 3.54. The van der Waals surface area contributed by atoms with E-state index in [9.17, 15) is 4.79 Å². The molecular formula is C12H15Br2NO. The van der Waals surface area contributed by atoms with Gasteiger partial charge in [-0.3, -0.25) is 4.79 Å². The molecule has 0 aliphatic heterocycles. The average molecular weight is 349 g/mol. The zero-order chi connectivity index (χ0) is 12.1. The van der Waals surface area contributed by atoms with Crippen LogP contribution in [0.15, 0.2) is 27.1 Å². The molecule has 0 spiro atoms. The van der Waals surface area contributed by atoms with Gasteiger partial charge < -0.3 is 5.32 Å². The molecule has 1 atom stereocenters. The molecule has 1 rings (SSSR count). The van der Waals surface area contributed by atoms with Gasteiger partial charge in [0.1, 0.15) is 0 Å². The highest BCUT2D eigenvalue weighted by molar-refractivity contribution is 9.11. The van der Waals surface area contributed by atoms with Crippen LogP contribution in [0.25, 0.3) is 0 Å². The van der Waals surface area contributed by atoms with Gasteiger partial charge in [0.15, 0.2) is 0 Å². The first-order valence-corrected chi connectivity index (χ1v) is 6.89. The summed E-state index contributed by atoms with van der Waals surface area (Å²) in [5, 5.41) is 2.92. The number of carbonyl (C=O) groups is 1. The molecule has 2 nitrogen and oxygen atoms in total. The maximum Gasteiger partial charge on any atom is 0.227 e. The van der Waals surface area contributed by atoms with Crippen LogP contribution in [0.2, 0.25) is 0 Å². The van der Waals surface area contributed by atoms with Gasteiger partial charge in [-0.05, 0) is 40.5 Å². The maximum absolute atomic E-state index is 11.8. The molecule has 0 aliphatic carbocycles. The summed E-state index contributed by atoms with van der Waals surface area (Å²) in [4.78, 5) is 11.8. The van der Waals surface area contributed by atoms with Crippen molar-refractivity contribution in [2.75, 3.05) is 5.32 Å². The van der Waals surface area contributed by atoms with Gasteiger partial charge in [0.05, 0.1) is 5.69 Å². The van der Waals surface area contributed by atoms with Crippen molar-refractivity contribution in [3.05, 3.63) is 27.1 Å². The Labute approximate surface area is 113 Å². The predicted octanol–water partition coefficient (Wildman–Crippen LogP) is 4.59. The SMILES string of the molecule is CCCC(C)C(=O)Nc1cc(Br)ccc1Br. The Hall–Kier alpha value is -0.350. The number of halogens is 2. The second-order valence-electron chi connectivity index (χ2n) is 3.80. The van der Waals surface area contributed by atoms with Crippen molar-refractivity contribution in [3.8, 4) is 0 Å².